The fourth-order valence-corrected chi connectivity index (χ4v) is 6.17. The highest BCUT2D eigenvalue weighted by atomic mass is 79.9. The van der Waals surface area contributed by atoms with Gasteiger partial charge in [0.05, 0.1) is 3.79 Å². The third kappa shape index (κ3) is 3.49. The lowest BCUT2D eigenvalue weighted by atomic mass is 9.99. The Balaban J connectivity index is 1.72. The molecule has 2 aliphatic carbocycles. The number of hydrogen-bond donors (Lipinski definition) is 2. The first-order chi connectivity index (χ1) is 9.88. The number of aromatic carboxylic acids is 1. The summed E-state index contributed by atoms with van der Waals surface area (Å²) >= 11 is 4.07. The molecule has 0 spiro atoms. The summed E-state index contributed by atoms with van der Waals surface area (Å²) in [5.74, 6) is 0.661. The van der Waals surface area contributed by atoms with Crippen LogP contribution in [0.5, 0.6) is 0 Å². The van der Waals surface area contributed by atoms with Crippen molar-refractivity contribution in [3.05, 3.63) is 14.7 Å². The van der Waals surface area contributed by atoms with Gasteiger partial charge in [-0.05, 0) is 65.4 Å². The van der Waals surface area contributed by atoms with Crippen molar-refractivity contribution in [1.29, 1.82) is 0 Å². The van der Waals surface area contributed by atoms with Crippen molar-refractivity contribution < 1.29 is 18.3 Å². The van der Waals surface area contributed by atoms with Crippen LogP contribution in [0.4, 0.5) is 0 Å². The molecule has 0 atom stereocenters. The second-order valence-electron chi connectivity index (χ2n) is 5.74. The highest BCUT2D eigenvalue weighted by Gasteiger charge is 2.41. The Morgan fingerprint density at radius 1 is 1.38 bits per heavy atom. The summed E-state index contributed by atoms with van der Waals surface area (Å²) in [6, 6.07) is 1.21. The Bertz CT molecular complexity index is 650. The van der Waals surface area contributed by atoms with Crippen LogP contribution in [0.1, 0.15) is 35.4 Å². The molecule has 2 N–H and O–H groups in total. The van der Waals surface area contributed by atoms with E-state index in [0.717, 1.165) is 11.3 Å². The number of carboxylic acids is 1. The van der Waals surface area contributed by atoms with E-state index < -0.39 is 16.0 Å². The molecule has 8 heteroatoms. The normalized spacial score (nSPS) is 19.1. The van der Waals surface area contributed by atoms with Crippen LogP contribution >= 0.6 is 27.3 Å². The van der Waals surface area contributed by atoms with Gasteiger partial charge in [-0.15, -0.1) is 11.3 Å². The molecule has 1 aromatic heterocycles. The van der Waals surface area contributed by atoms with E-state index in [4.69, 9.17) is 5.11 Å². The summed E-state index contributed by atoms with van der Waals surface area (Å²) in [6.07, 6.45) is 4.81. The van der Waals surface area contributed by atoms with Crippen molar-refractivity contribution in [1.82, 2.24) is 4.72 Å². The molecule has 3 rings (SSSR count). The van der Waals surface area contributed by atoms with Crippen molar-refractivity contribution in [2.75, 3.05) is 6.54 Å². The molecule has 2 aliphatic rings. The van der Waals surface area contributed by atoms with Crippen LogP contribution < -0.4 is 4.72 Å². The minimum atomic E-state index is -3.66. The topological polar surface area (TPSA) is 83.5 Å². The molecule has 0 bridgehead atoms. The Morgan fingerprint density at radius 3 is 2.38 bits per heavy atom. The molecule has 0 unspecified atom stereocenters. The van der Waals surface area contributed by atoms with E-state index >= 15 is 0 Å². The highest BCUT2D eigenvalue weighted by molar-refractivity contribution is 9.11. The maximum atomic E-state index is 12.4. The average Bonchev–Trinajstić information content (AvgIpc) is 3.29. The maximum Gasteiger partial charge on any atom is 0.345 e. The first-order valence-electron chi connectivity index (χ1n) is 6.91. The van der Waals surface area contributed by atoms with Crippen LogP contribution in [0.15, 0.2) is 14.7 Å². The van der Waals surface area contributed by atoms with Crippen molar-refractivity contribution in [2.45, 2.75) is 30.6 Å². The summed E-state index contributed by atoms with van der Waals surface area (Å²) in [4.78, 5) is 11.0. The first-order valence-corrected chi connectivity index (χ1v) is 10.00. The molecular formula is C13H16BrNO4S2. The SMILES string of the molecule is O=C(O)c1cc(S(=O)(=O)NCC(C2CC2)C2CC2)c(Br)s1. The van der Waals surface area contributed by atoms with Crippen LogP contribution in [0.2, 0.25) is 0 Å². The summed E-state index contributed by atoms with van der Waals surface area (Å²) in [7, 11) is -3.66. The summed E-state index contributed by atoms with van der Waals surface area (Å²) in [5.41, 5.74) is 0. The van der Waals surface area contributed by atoms with E-state index in [0.29, 0.717) is 28.1 Å². The number of carbonyl (C=O) groups is 1. The van der Waals surface area contributed by atoms with Gasteiger partial charge in [0.15, 0.2) is 0 Å². The third-order valence-electron chi connectivity index (χ3n) is 4.12. The number of nitrogens with one attached hydrogen (secondary N) is 1. The fraction of sp³-hybridized carbons (Fsp3) is 0.615. The van der Waals surface area contributed by atoms with Crippen molar-refractivity contribution in [2.24, 2.45) is 17.8 Å². The summed E-state index contributed by atoms with van der Waals surface area (Å²) < 4.78 is 27.7. The average molecular weight is 394 g/mol. The van der Waals surface area contributed by atoms with Crippen molar-refractivity contribution >= 4 is 43.3 Å². The molecule has 0 aromatic carbocycles. The molecule has 0 aliphatic heterocycles. The molecule has 1 aromatic rings. The van der Waals surface area contributed by atoms with Crippen LogP contribution in [0.25, 0.3) is 0 Å². The van der Waals surface area contributed by atoms with Gasteiger partial charge in [-0.2, -0.15) is 0 Å². The van der Waals surface area contributed by atoms with Gasteiger partial charge < -0.3 is 5.11 Å². The van der Waals surface area contributed by atoms with Crippen LogP contribution in [0.3, 0.4) is 0 Å². The van der Waals surface area contributed by atoms with E-state index in [1.54, 1.807) is 0 Å². The zero-order chi connectivity index (χ0) is 15.2. The zero-order valence-corrected chi connectivity index (χ0v) is 14.4. The Hall–Kier alpha value is -0.440. The lowest BCUT2D eigenvalue weighted by molar-refractivity contribution is 0.0702. The molecule has 5 nitrogen and oxygen atoms in total. The number of carboxylic acid groups (broad SMARTS) is 1. The fourth-order valence-electron chi connectivity index (χ4n) is 2.69. The van der Waals surface area contributed by atoms with Crippen molar-refractivity contribution in [3.63, 3.8) is 0 Å². The van der Waals surface area contributed by atoms with E-state index in [2.05, 4.69) is 20.7 Å². The summed E-state index contributed by atoms with van der Waals surface area (Å²) in [6.45, 7) is 0.461. The lowest BCUT2D eigenvalue weighted by Crippen LogP contribution is -2.31. The standard InChI is InChI=1S/C13H16BrNO4S2/c14-12-11(5-10(20-12)13(16)17)21(18,19)15-6-9(7-1-2-7)8-3-4-8/h5,7-9,15H,1-4,6H2,(H,16,17). The Kier molecular flexibility index (Phi) is 4.15. The molecule has 0 amide bonds. The second-order valence-corrected chi connectivity index (χ2v) is 9.85. The molecule has 2 fully saturated rings. The van der Waals surface area contributed by atoms with E-state index in [1.807, 2.05) is 0 Å². The third-order valence-corrected chi connectivity index (χ3v) is 7.78. The number of rotatable bonds is 7. The number of hydrogen-bond acceptors (Lipinski definition) is 4. The number of halogens is 1. The molecule has 116 valence electrons. The molecular weight excluding hydrogens is 378 g/mol. The van der Waals surface area contributed by atoms with Gasteiger partial charge in [-0.1, -0.05) is 0 Å². The zero-order valence-electron chi connectivity index (χ0n) is 11.2. The van der Waals surface area contributed by atoms with E-state index in [9.17, 15) is 13.2 Å². The second kappa shape index (κ2) is 5.64. The smallest absolute Gasteiger partial charge is 0.345 e. The largest absolute Gasteiger partial charge is 0.477 e. The van der Waals surface area contributed by atoms with Gasteiger partial charge in [-0.3, -0.25) is 0 Å². The highest BCUT2D eigenvalue weighted by Crippen LogP contribution is 2.49. The van der Waals surface area contributed by atoms with Gasteiger partial charge in [0, 0.05) is 6.54 Å². The predicted octanol–water partition coefficient (Wildman–Crippen LogP) is 2.92. The van der Waals surface area contributed by atoms with Gasteiger partial charge in [0.2, 0.25) is 10.0 Å². The molecule has 0 saturated heterocycles. The minimum Gasteiger partial charge on any atom is -0.477 e. The van der Waals surface area contributed by atoms with Crippen LogP contribution in [0, 0.1) is 17.8 Å². The molecule has 2 saturated carbocycles. The Morgan fingerprint density at radius 2 is 1.95 bits per heavy atom. The van der Waals surface area contributed by atoms with E-state index in [1.165, 1.54) is 31.7 Å². The lowest BCUT2D eigenvalue weighted by Gasteiger charge is -2.16. The monoisotopic (exact) mass is 393 g/mol. The minimum absolute atomic E-state index is 0.0168. The number of sulfonamides is 1. The van der Waals surface area contributed by atoms with Gasteiger partial charge in [0.25, 0.3) is 0 Å². The molecule has 21 heavy (non-hydrogen) atoms. The van der Waals surface area contributed by atoms with Gasteiger partial charge in [0.1, 0.15) is 9.77 Å². The van der Waals surface area contributed by atoms with E-state index in [-0.39, 0.29) is 9.77 Å². The van der Waals surface area contributed by atoms with Gasteiger partial charge in [-0.25, -0.2) is 17.9 Å². The van der Waals surface area contributed by atoms with Gasteiger partial charge >= 0.3 is 5.97 Å². The summed E-state index contributed by atoms with van der Waals surface area (Å²) in [5, 5.41) is 8.94. The first kappa shape index (κ1) is 15.5. The quantitative estimate of drug-likeness (QED) is 0.745. The predicted molar refractivity (Wildman–Crippen MR) is 83.1 cm³/mol. The van der Waals surface area contributed by atoms with Crippen LogP contribution in [-0.4, -0.2) is 26.0 Å². The molecule has 1 heterocycles. The number of thiophene rings is 1. The van der Waals surface area contributed by atoms with Crippen LogP contribution in [-0.2, 0) is 10.0 Å². The Labute approximate surface area is 135 Å². The molecule has 0 radical (unpaired) electrons. The maximum absolute atomic E-state index is 12.4. The van der Waals surface area contributed by atoms with Crippen molar-refractivity contribution in [3.8, 4) is 0 Å².